The van der Waals surface area contributed by atoms with Crippen LogP contribution >= 0.6 is 11.3 Å². The molecule has 3 aromatic rings. The average molecular weight is 593 g/mol. The van der Waals surface area contributed by atoms with Crippen molar-refractivity contribution in [1.82, 2.24) is 20.9 Å². The Bertz CT molecular complexity index is 1380. The second-order valence-corrected chi connectivity index (χ2v) is 11.7. The second kappa shape index (κ2) is 14.3. The number of hydrogen-bond acceptors (Lipinski definition) is 8. The van der Waals surface area contributed by atoms with Gasteiger partial charge in [-0.1, -0.05) is 60.7 Å². The predicted octanol–water partition coefficient (Wildman–Crippen LogP) is 2.40. The van der Waals surface area contributed by atoms with Crippen molar-refractivity contribution < 1.29 is 28.7 Å². The lowest BCUT2D eigenvalue weighted by Crippen LogP contribution is -2.58. The summed E-state index contributed by atoms with van der Waals surface area (Å²) in [6, 6.07) is 16.0. The van der Waals surface area contributed by atoms with Gasteiger partial charge in [0.15, 0.2) is 5.78 Å². The highest BCUT2D eigenvalue weighted by Crippen LogP contribution is 2.29. The molecule has 222 valence electrons. The molecule has 4 unspecified atom stereocenters. The first-order valence-electron chi connectivity index (χ1n) is 13.8. The molecule has 0 bridgehead atoms. The van der Waals surface area contributed by atoms with E-state index >= 15 is 0 Å². The highest BCUT2D eigenvalue weighted by atomic mass is 32.1. The molecule has 1 aliphatic rings. The SMILES string of the molecule is COCC(NC(=O)C(CCc1ccccc1)NC(=O)c1cnc(C)s1)C(=O)NC(Cc1ccccc1)C(=O)C1(C)CO1. The average Bonchev–Trinajstić information content (AvgIpc) is 3.60. The van der Waals surface area contributed by atoms with Crippen molar-refractivity contribution in [3.8, 4) is 0 Å². The number of carbonyl (C=O) groups is 4. The van der Waals surface area contributed by atoms with Crippen molar-refractivity contribution >= 4 is 34.8 Å². The molecule has 10 nitrogen and oxygen atoms in total. The van der Waals surface area contributed by atoms with Crippen LogP contribution < -0.4 is 16.0 Å². The van der Waals surface area contributed by atoms with E-state index in [1.807, 2.05) is 60.7 Å². The number of aromatic nitrogens is 1. The standard InChI is InChI=1S/C31H36N4O6S/c1-20-32-17-26(42-20)30(39)33-23(15-14-21-10-6-4-7-11-21)28(37)35-25(18-40-3)29(38)34-24(27(36)31(2)19-41-31)16-22-12-8-5-9-13-22/h4-13,17,23-25H,14-16,18-19H2,1-3H3,(H,33,39)(H,34,38)(H,35,37). The van der Waals surface area contributed by atoms with E-state index in [-0.39, 0.29) is 25.4 Å². The Morgan fingerprint density at radius 2 is 1.52 bits per heavy atom. The van der Waals surface area contributed by atoms with Crippen LogP contribution in [0.4, 0.5) is 0 Å². The molecule has 1 fully saturated rings. The van der Waals surface area contributed by atoms with E-state index in [1.54, 1.807) is 13.8 Å². The van der Waals surface area contributed by atoms with Gasteiger partial charge in [0.25, 0.3) is 5.91 Å². The first-order chi connectivity index (χ1) is 20.2. The summed E-state index contributed by atoms with van der Waals surface area (Å²) in [5.41, 5.74) is 0.923. The number of nitrogens with zero attached hydrogens (tertiary/aromatic N) is 1. The maximum Gasteiger partial charge on any atom is 0.263 e. The zero-order valence-electron chi connectivity index (χ0n) is 23.9. The number of methoxy groups -OCH3 is 1. The third-order valence-electron chi connectivity index (χ3n) is 7.01. The quantitative estimate of drug-likeness (QED) is 0.230. The van der Waals surface area contributed by atoms with Crippen LogP contribution in [0.1, 0.15) is 39.2 Å². The number of hydrogen-bond donors (Lipinski definition) is 3. The van der Waals surface area contributed by atoms with E-state index in [4.69, 9.17) is 9.47 Å². The number of rotatable bonds is 15. The van der Waals surface area contributed by atoms with Gasteiger partial charge in [0.2, 0.25) is 11.8 Å². The molecule has 2 aromatic carbocycles. The Morgan fingerprint density at radius 3 is 2.10 bits per heavy atom. The lowest BCUT2D eigenvalue weighted by Gasteiger charge is -2.25. The fourth-order valence-corrected chi connectivity index (χ4v) is 5.17. The lowest BCUT2D eigenvalue weighted by molar-refractivity contribution is -0.134. The molecule has 4 rings (SSSR count). The third-order valence-corrected chi connectivity index (χ3v) is 7.92. The molecule has 1 aliphatic heterocycles. The van der Waals surface area contributed by atoms with E-state index in [0.29, 0.717) is 17.7 Å². The van der Waals surface area contributed by atoms with Crippen LogP contribution in [0.5, 0.6) is 0 Å². The Labute approximate surface area is 249 Å². The maximum atomic E-state index is 13.5. The minimum absolute atomic E-state index is 0.134. The molecule has 1 aromatic heterocycles. The number of ether oxygens (including phenoxy) is 2. The molecule has 42 heavy (non-hydrogen) atoms. The summed E-state index contributed by atoms with van der Waals surface area (Å²) in [6.45, 7) is 3.64. The van der Waals surface area contributed by atoms with Crippen molar-refractivity contribution in [2.75, 3.05) is 20.3 Å². The van der Waals surface area contributed by atoms with Gasteiger partial charge in [-0.25, -0.2) is 4.98 Å². The van der Waals surface area contributed by atoms with Crippen LogP contribution in [0.3, 0.4) is 0 Å². The molecule has 2 heterocycles. The number of nitrogens with one attached hydrogen (secondary N) is 3. The zero-order chi connectivity index (χ0) is 30.1. The Hall–Kier alpha value is -3.93. The van der Waals surface area contributed by atoms with Gasteiger partial charge in [-0.05, 0) is 44.2 Å². The van der Waals surface area contributed by atoms with Gasteiger partial charge >= 0.3 is 0 Å². The van der Waals surface area contributed by atoms with Crippen LogP contribution in [0, 0.1) is 6.92 Å². The van der Waals surface area contributed by atoms with Crippen molar-refractivity contribution in [2.45, 2.75) is 56.8 Å². The molecular formula is C31H36N4O6S. The maximum absolute atomic E-state index is 13.5. The van der Waals surface area contributed by atoms with Crippen molar-refractivity contribution in [1.29, 1.82) is 0 Å². The third kappa shape index (κ3) is 8.54. The van der Waals surface area contributed by atoms with Crippen molar-refractivity contribution in [3.05, 3.63) is 87.9 Å². The minimum Gasteiger partial charge on any atom is -0.382 e. The van der Waals surface area contributed by atoms with E-state index in [0.717, 1.165) is 16.1 Å². The van der Waals surface area contributed by atoms with Gasteiger partial charge in [-0.2, -0.15) is 0 Å². The van der Waals surface area contributed by atoms with E-state index < -0.39 is 41.4 Å². The van der Waals surface area contributed by atoms with Gasteiger partial charge in [0, 0.05) is 7.11 Å². The van der Waals surface area contributed by atoms with Crippen LogP contribution in [0.25, 0.3) is 0 Å². The molecule has 0 spiro atoms. The van der Waals surface area contributed by atoms with Gasteiger partial charge < -0.3 is 25.4 Å². The highest BCUT2D eigenvalue weighted by Gasteiger charge is 2.50. The van der Waals surface area contributed by atoms with Gasteiger partial charge in [0.1, 0.15) is 22.6 Å². The Balaban J connectivity index is 1.48. The van der Waals surface area contributed by atoms with Crippen LogP contribution in [-0.4, -0.2) is 72.5 Å². The highest BCUT2D eigenvalue weighted by molar-refractivity contribution is 7.13. The summed E-state index contributed by atoms with van der Waals surface area (Å²) in [6.07, 6.45) is 2.55. The number of aryl methyl sites for hydroxylation is 2. The summed E-state index contributed by atoms with van der Waals surface area (Å²) in [5.74, 6) is -1.78. The number of Topliss-reactive ketones (excluding diaryl/α,β-unsaturated/α-hetero) is 1. The zero-order valence-corrected chi connectivity index (χ0v) is 24.7. The molecule has 4 atom stereocenters. The Morgan fingerprint density at radius 1 is 0.929 bits per heavy atom. The molecule has 3 amide bonds. The Kier molecular flexibility index (Phi) is 10.6. The van der Waals surface area contributed by atoms with Crippen molar-refractivity contribution in [3.63, 3.8) is 0 Å². The van der Waals surface area contributed by atoms with E-state index in [2.05, 4.69) is 20.9 Å². The van der Waals surface area contributed by atoms with Crippen LogP contribution in [0.15, 0.2) is 66.9 Å². The second-order valence-electron chi connectivity index (χ2n) is 10.4. The van der Waals surface area contributed by atoms with E-state index in [1.165, 1.54) is 24.6 Å². The number of thiazole rings is 1. The molecule has 1 saturated heterocycles. The van der Waals surface area contributed by atoms with Crippen LogP contribution in [-0.2, 0) is 36.7 Å². The smallest absolute Gasteiger partial charge is 0.263 e. The molecule has 0 saturated carbocycles. The fourth-order valence-electron chi connectivity index (χ4n) is 4.49. The van der Waals surface area contributed by atoms with Crippen molar-refractivity contribution in [2.24, 2.45) is 0 Å². The summed E-state index contributed by atoms with van der Waals surface area (Å²) < 4.78 is 10.6. The number of amides is 3. The predicted molar refractivity (Wildman–Crippen MR) is 158 cm³/mol. The summed E-state index contributed by atoms with van der Waals surface area (Å²) in [7, 11) is 1.42. The lowest BCUT2D eigenvalue weighted by atomic mass is 9.94. The normalized spacial score (nSPS) is 17.9. The molecule has 3 N–H and O–H groups in total. The number of carbonyl (C=O) groups excluding carboxylic acids is 4. The summed E-state index contributed by atoms with van der Waals surface area (Å²) >= 11 is 1.23. The first kappa shape index (κ1) is 31.0. The molecule has 0 aliphatic carbocycles. The molecular weight excluding hydrogens is 556 g/mol. The van der Waals surface area contributed by atoms with E-state index in [9.17, 15) is 19.2 Å². The fraction of sp³-hybridized carbons (Fsp3) is 0.387. The summed E-state index contributed by atoms with van der Waals surface area (Å²) in [5, 5.41) is 9.07. The van der Waals surface area contributed by atoms with Gasteiger partial charge in [-0.15, -0.1) is 11.3 Å². The minimum atomic E-state index is -1.11. The largest absolute Gasteiger partial charge is 0.382 e. The monoisotopic (exact) mass is 592 g/mol. The number of benzene rings is 2. The number of ketones is 1. The van der Waals surface area contributed by atoms with Crippen LogP contribution in [0.2, 0.25) is 0 Å². The van der Waals surface area contributed by atoms with Gasteiger partial charge in [0.05, 0.1) is 30.5 Å². The molecule has 11 heteroatoms. The number of epoxide rings is 1. The van der Waals surface area contributed by atoms with Gasteiger partial charge in [-0.3, -0.25) is 19.2 Å². The summed E-state index contributed by atoms with van der Waals surface area (Å²) in [4.78, 5) is 57.7. The molecule has 0 radical (unpaired) electrons. The topological polar surface area (TPSA) is 139 Å². The first-order valence-corrected chi connectivity index (χ1v) is 14.6.